The number of rotatable bonds is 5. The summed E-state index contributed by atoms with van der Waals surface area (Å²) in [4.78, 5) is 19.4. The summed E-state index contributed by atoms with van der Waals surface area (Å²) in [6.07, 6.45) is 0.179. The molecule has 24 heavy (non-hydrogen) atoms. The lowest BCUT2D eigenvalue weighted by atomic mass is 10.2. The third-order valence-corrected chi connectivity index (χ3v) is 4.56. The van der Waals surface area contributed by atoms with Crippen molar-refractivity contribution in [3.8, 4) is 10.8 Å². The molecule has 0 bridgehead atoms. The van der Waals surface area contributed by atoms with Crippen LogP contribution in [0.3, 0.4) is 0 Å². The molecule has 4 nitrogen and oxygen atoms in total. The molecule has 0 fully saturated rings. The molecule has 2 heterocycles. The molecule has 0 radical (unpaired) electrons. The second-order valence-electron chi connectivity index (χ2n) is 5.55. The highest BCUT2D eigenvalue weighted by Gasteiger charge is 2.17. The first-order valence-corrected chi connectivity index (χ1v) is 8.39. The zero-order chi connectivity index (χ0) is 17.1. The number of amides is 1. The van der Waals surface area contributed by atoms with Gasteiger partial charge in [-0.1, -0.05) is 18.2 Å². The number of carbonyl (C=O) groups is 1. The van der Waals surface area contributed by atoms with Crippen molar-refractivity contribution in [1.82, 2.24) is 9.88 Å². The van der Waals surface area contributed by atoms with Gasteiger partial charge < -0.3 is 9.32 Å². The van der Waals surface area contributed by atoms with E-state index >= 15 is 0 Å². The maximum absolute atomic E-state index is 12.9. The number of likely N-dealkylation sites (N-methyl/N-ethyl adjacent to an activating group) is 1. The molecule has 0 aliphatic heterocycles. The molecule has 0 N–H and O–H groups in total. The van der Waals surface area contributed by atoms with E-state index in [1.54, 1.807) is 35.4 Å². The largest absolute Gasteiger partial charge is 0.440 e. The molecule has 1 aromatic carbocycles. The first kappa shape index (κ1) is 16.4. The minimum absolute atomic E-state index is 0.0616. The molecule has 0 unspecified atom stereocenters. The summed E-state index contributed by atoms with van der Waals surface area (Å²) in [5.41, 5.74) is 1.53. The summed E-state index contributed by atoms with van der Waals surface area (Å²) < 4.78 is 18.6. The minimum atomic E-state index is -0.285. The summed E-state index contributed by atoms with van der Waals surface area (Å²) >= 11 is 1.54. The van der Waals surface area contributed by atoms with Gasteiger partial charge in [0.05, 0.1) is 17.0 Å². The number of hydrogen-bond acceptors (Lipinski definition) is 4. The second-order valence-corrected chi connectivity index (χ2v) is 6.50. The van der Waals surface area contributed by atoms with Crippen molar-refractivity contribution in [2.45, 2.75) is 19.9 Å². The molecule has 0 saturated carbocycles. The number of hydrogen-bond donors (Lipinski definition) is 0. The van der Waals surface area contributed by atoms with Crippen molar-refractivity contribution in [2.75, 3.05) is 7.05 Å². The van der Waals surface area contributed by atoms with Crippen LogP contribution in [0.1, 0.15) is 17.0 Å². The Morgan fingerprint density at radius 2 is 2.04 bits per heavy atom. The molecular formula is C18H17FN2O2S. The van der Waals surface area contributed by atoms with Crippen LogP contribution >= 0.6 is 11.3 Å². The lowest BCUT2D eigenvalue weighted by molar-refractivity contribution is -0.129. The molecule has 2 aromatic heterocycles. The molecule has 0 atom stereocenters. The molecule has 124 valence electrons. The molecule has 0 spiro atoms. The molecular weight excluding hydrogens is 327 g/mol. The zero-order valence-electron chi connectivity index (χ0n) is 13.5. The van der Waals surface area contributed by atoms with Gasteiger partial charge in [0.15, 0.2) is 0 Å². The van der Waals surface area contributed by atoms with Crippen LogP contribution in [0.25, 0.3) is 10.8 Å². The smallest absolute Gasteiger partial charge is 0.236 e. The maximum atomic E-state index is 12.9. The summed E-state index contributed by atoms with van der Waals surface area (Å²) in [5.74, 6) is 0.855. The quantitative estimate of drug-likeness (QED) is 0.701. The maximum Gasteiger partial charge on any atom is 0.236 e. The van der Waals surface area contributed by atoms with Gasteiger partial charge in [0.25, 0.3) is 0 Å². The number of oxazole rings is 1. The first-order chi connectivity index (χ1) is 11.5. The van der Waals surface area contributed by atoms with Gasteiger partial charge in [-0.3, -0.25) is 4.79 Å². The van der Waals surface area contributed by atoms with Crippen LogP contribution in [0.4, 0.5) is 4.39 Å². The topological polar surface area (TPSA) is 46.3 Å². The van der Waals surface area contributed by atoms with Crippen LogP contribution in [0, 0.1) is 12.7 Å². The van der Waals surface area contributed by atoms with Gasteiger partial charge in [-0.15, -0.1) is 11.3 Å². The Bertz CT molecular complexity index is 825. The second kappa shape index (κ2) is 6.97. The van der Waals surface area contributed by atoms with Crippen LogP contribution in [0.5, 0.6) is 0 Å². The van der Waals surface area contributed by atoms with E-state index in [2.05, 4.69) is 4.98 Å². The van der Waals surface area contributed by atoms with Gasteiger partial charge in [0.1, 0.15) is 11.6 Å². The fraction of sp³-hybridized carbons (Fsp3) is 0.222. The zero-order valence-corrected chi connectivity index (χ0v) is 14.3. The minimum Gasteiger partial charge on any atom is -0.440 e. The van der Waals surface area contributed by atoms with Crippen LogP contribution in [-0.2, 0) is 17.8 Å². The molecule has 0 saturated heterocycles. The predicted molar refractivity (Wildman–Crippen MR) is 91.1 cm³/mol. The van der Waals surface area contributed by atoms with Crippen molar-refractivity contribution in [3.63, 3.8) is 0 Å². The van der Waals surface area contributed by atoms with Crippen molar-refractivity contribution in [1.29, 1.82) is 0 Å². The number of nitrogens with zero attached hydrogens (tertiary/aromatic N) is 2. The SMILES string of the molecule is Cc1oc(-c2cccs2)nc1CC(=O)N(C)Cc1ccc(F)cc1. The lowest BCUT2D eigenvalue weighted by Crippen LogP contribution is -2.28. The van der Waals surface area contributed by atoms with E-state index in [1.807, 2.05) is 24.4 Å². The van der Waals surface area contributed by atoms with Gasteiger partial charge in [-0.2, -0.15) is 0 Å². The fourth-order valence-electron chi connectivity index (χ4n) is 2.33. The van der Waals surface area contributed by atoms with Gasteiger partial charge in [-0.05, 0) is 36.1 Å². The number of aryl methyl sites for hydroxylation is 1. The van der Waals surface area contributed by atoms with E-state index in [0.29, 0.717) is 23.9 Å². The molecule has 6 heteroatoms. The summed E-state index contributed by atoms with van der Waals surface area (Å²) in [5, 5.41) is 1.95. The molecule has 3 aromatic rings. The first-order valence-electron chi connectivity index (χ1n) is 7.51. The van der Waals surface area contributed by atoms with E-state index in [-0.39, 0.29) is 18.1 Å². The normalized spacial score (nSPS) is 10.8. The number of aromatic nitrogens is 1. The Hall–Kier alpha value is -2.47. The predicted octanol–water partition coefficient (Wildman–Crippen LogP) is 4.05. The fourth-order valence-corrected chi connectivity index (χ4v) is 2.98. The highest BCUT2D eigenvalue weighted by molar-refractivity contribution is 7.13. The van der Waals surface area contributed by atoms with Crippen LogP contribution < -0.4 is 0 Å². The van der Waals surface area contributed by atoms with Crippen molar-refractivity contribution < 1.29 is 13.6 Å². The number of halogens is 1. The average Bonchev–Trinajstić information content (AvgIpc) is 3.20. The Balaban J connectivity index is 1.67. The molecule has 0 aliphatic rings. The lowest BCUT2D eigenvalue weighted by Gasteiger charge is -2.16. The van der Waals surface area contributed by atoms with Crippen molar-refractivity contribution >= 4 is 17.2 Å². The van der Waals surface area contributed by atoms with Gasteiger partial charge in [0.2, 0.25) is 11.8 Å². The van der Waals surface area contributed by atoms with Crippen LogP contribution in [0.2, 0.25) is 0 Å². The molecule has 0 aliphatic carbocycles. The third-order valence-electron chi connectivity index (χ3n) is 3.70. The summed E-state index contributed by atoms with van der Waals surface area (Å²) in [6.45, 7) is 2.24. The number of carbonyl (C=O) groups excluding carboxylic acids is 1. The molecule has 1 amide bonds. The Labute approximate surface area is 143 Å². The van der Waals surface area contributed by atoms with E-state index < -0.39 is 0 Å². The molecule has 3 rings (SSSR count). The highest BCUT2D eigenvalue weighted by atomic mass is 32.1. The average molecular weight is 344 g/mol. The number of thiophene rings is 1. The Morgan fingerprint density at radius 1 is 1.29 bits per heavy atom. The van der Waals surface area contributed by atoms with Gasteiger partial charge in [-0.25, -0.2) is 9.37 Å². The van der Waals surface area contributed by atoms with E-state index in [4.69, 9.17) is 4.42 Å². The van der Waals surface area contributed by atoms with E-state index in [9.17, 15) is 9.18 Å². The highest BCUT2D eigenvalue weighted by Crippen LogP contribution is 2.26. The number of benzene rings is 1. The monoisotopic (exact) mass is 344 g/mol. The third kappa shape index (κ3) is 3.71. The standard InChI is InChI=1S/C18H17FN2O2S/c1-12-15(20-18(23-12)16-4-3-9-24-16)10-17(22)21(2)11-13-5-7-14(19)8-6-13/h3-9H,10-11H2,1-2H3. The van der Waals surface area contributed by atoms with E-state index in [1.165, 1.54) is 12.1 Å². The van der Waals surface area contributed by atoms with Gasteiger partial charge >= 0.3 is 0 Å². The van der Waals surface area contributed by atoms with Crippen molar-refractivity contribution in [2.24, 2.45) is 0 Å². The van der Waals surface area contributed by atoms with Crippen LogP contribution in [-0.4, -0.2) is 22.8 Å². The summed E-state index contributed by atoms with van der Waals surface area (Å²) in [6, 6.07) is 10.00. The van der Waals surface area contributed by atoms with Gasteiger partial charge in [0, 0.05) is 13.6 Å². The van der Waals surface area contributed by atoms with Crippen LogP contribution in [0.15, 0.2) is 46.2 Å². The summed E-state index contributed by atoms with van der Waals surface area (Å²) in [7, 11) is 1.72. The Morgan fingerprint density at radius 3 is 2.71 bits per heavy atom. The van der Waals surface area contributed by atoms with E-state index in [0.717, 1.165) is 10.4 Å². The van der Waals surface area contributed by atoms with Crippen molar-refractivity contribution in [3.05, 3.63) is 64.6 Å². The Kier molecular flexibility index (Phi) is 4.76.